The van der Waals surface area contributed by atoms with Crippen molar-refractivity contribution >= 4 is 5.69 Å². The smallest absolute Gasteiger partial charge is 0.166 e. The third kappa shape index (κ3) is 2.04. The Morgan fingerprint density at radius 3 is 2.33 bits per heavy atom. The van der Waals surface area contributed by atoms with Crippen LogP contribution in [0.3, 0.4) is 0 Å². The van der Waals surface area contributed by atoms with E-state index in [1.165, 1.54) is 23.3 Å². The summed E-state index contributed by atoms with van der Waals surface area (Å²) in [4.78, 5) is 0. The van der Waals surface area contributed by atoms with E-state index in [1.54, 1.807) is 6.07 Å². The van der Waals surface area contributed by atoms with E-state index in [4.69, 9.17) is 5.11 Å². The second-order valence-corrected chi connectivity index (χ2v) is 4.68. The van der Waals surface area contributed by atoms with Crippen LogP contribution in [0.25, 0.3) is 0 Å². The second kappa shape index (κ2) is 4.33. The average Bonchev–Trinajstić information content (AvgIpc) is 2.76. The lowest BCUT2D eigenvalue weighted by molar-refractivity contribution is 0.432. The Bertz CT molecular complexity index is 557. The Kier molecular flexibility index (Phi) is 2.67. The van der Waals surface area contributed by atoms with Crippen molar-refractivity contribution in [1.29, 1.82) is 0 Å². The van der Waals surface area contributed by atoms with E-state index in [9.17, 15) is 4.39 Å². The van der Waals surface area contributed by atoms with Crippen LogP contribution in [0.4, 0.5) is 10.1 Å². The number of aromatic hydroxyl groups is 1. The van der Waals surface area contributed by atoms with Crippen molar-refractivity contribution in [3.05, 3.63) is 59.4 Å². The summed E-state index contributed by atoms with van der Waals surface area (Å²) in [6.07, 6.45) is 1.91. The van der Waals surface area contributed by atoms with Crippen molar-refractivity contribution in [2.24, 2.45) is 0 Å². The highest BCUT2D eigenvalue weighted by Gasteiger charge is 2.20. The van der Waals surface area contributed by atoms with Crippen LogP contribution >= 0.6 is 0 Å². The number of rotatable bonds is 2. The van der Waals surface area contributed by atoms with Crippen LogP contribution in [0.1, 0.15) is 11.1 Å². The molecule has 3 rings (SSSR count). The molecule has 92 valence electrons. The van der Waals surface area contributed by atoms with Gasteiger partial charge < -0.3 is 10.4 Å². The van der Waals surface area contributed by atoms with E-state index in [2.05, 4.69) is 17.4 Å². The van der Waals surface area contributed by atoms with Crippen LogP contribution in [0.15, 0.2) is 42.5 Å². The van der Waals surface area contributed by atoms with Gasteiger partial charge in [-0.25, -0.2) is 4.39 Å². The molecule has 0 radical (unpaired) electrons. The van der Waals surface area contributed by atoms with Crippen LogP contribution in [-0.2, 0) is 12.8 Å². The van der Waals surface area contributed by atoms with Gasteiger partial charge in [0.05, 0.1) is 0 Å². The predicted octanol–water partition coefficient (Wildman–Crippen LogP) is 3.11. The number of fused-ring (bicyclic) bond motifs is 1. The molecule has 18 heavy (non-hydrogen) atoms. The molecule has 0 aliphatic heterocycles. The number of anilines is 1. The van der Waals surface area contributed by atoms with Crippen LogP contribution in [-0.4, -0.2) is 11.1 Å². The van der Waals surface area contributed by atoms with Crippen molar-refractivity contribution in [1.82, 2.24) is 0 Å². The molecule has 0 amide bonds. The molecule has 0 spiro atoms. The third-order valence-electron chi connectivity index (χ3n) is 3.37. The molecule has 0 unspecified atom stereocenters. The summed E-state index contributed by atoms with van der Waals surface area (Å²) >= 11 is 0. The lowest BCUT2D eigenvalue weighted by Gasteiger charge is -2.13. The first-order chi connectivity index (χ1) is 8.72. The maximum atomic E-state index is 13.2. The first-order valence-electron chi connectivity index (χ1n) is 6.04. The van der Waals surface area contributed by atoms with E-state index in [0.717, 1.165) is 12.8 Å². The van der Waals surface area contributed by atoms with Gasteiger partial charge in [-0.1, -0.05) is 24.3 Å². The summed E-state index contributed by atoms with van der Waals surface area (Å²) in [5.74, 6) is -0.897. The van der Waals surface area contributed by atoms with Gasteiger partial charge in [0.1, 0.15) is 0 Å². The van der Waals surface area contributed by atoms with Crippen molar-refractivity contribution < 1.29 is 9.50 Å². The van der Waals surface area contributed by atoms with E-state index >= 15 is 0 Å². The van der Waals surface area contributed by atoms with Crippen LogP contribution in [0, 0.1) is 5.82 Å². The summed E-state index contributed by atoms with van der Waals surface area (Å²) in [6.45, 7) is 0. The number of phenols is 1. The number of hydrogen-bond donors (Lipinski definition) is 2. The topological polar surface area (TPSA) is 32.3 Å². The maximum Gasteiger partial charge on any atom is 0.166 e. The van der Waals surface area contributed by atoms with Gasteiger partial charge in [0.15, 0.2) is 11.6 Å². The summed E-state index contributed by atoms with van der Waals surface area (Å²) in [7, 11) is 0. The molecule has 0 heterocycles. The second-order valence-electron chi connectivity index (χ2n) is 4.68. The molecule has 2 N–H and O–H groups in total. The number of benzene rings is 2. The average molecular weight is 243 g/mol. The van der Waals surface area contributed by atoms with Gasteiger partial charge in [0.25, 0.3) is 0 Å². The molecule has 0 bridgehead atoms. The Morgan fingerprint density at radius 2 is 1.72 bits per heavy atom. The maximum absolute atomic E-state index is 13.2. The highest BCUT2D eigenvalue weighted by atomic mass is 19.1. The van der Waals surface area contributed by atoms with E-state index in [0.29, 0.717) is 11.7 Å². The van der Waals surface area contributed by atoms with Crippen LogP contribution in [0.5, 0.6) is 5.75 Å². The molecule has 1 aliphatic rings. The van der Waals surface area contributed by atoms with Gasteiger partial charge in [0, 0.05) is 17.8 Å². The fraction of sp³-hybridized carbons (Fsp3) is 0.200. The molecule has 2 aromatic carbocycles. The number of hydrogen-bond acceptors (Lipinski definition) is 2. The molecule has 0 saturated carbocycles. The lowest BCUT2D eigenvalue weighted by Crippen LogP contribution is -2.19. The quantitative estimate of drug-likeness (QED) is 0.794. The minimum absolute atomic E-state index is 0.298. The zero-order valence-corrected chi connectivity index (χ0v) is 9.86. The Hall–Kier alpha value is -2.03. The number of nitrogens with one attached hydrogen (secondary N) is 1. The van der Waals surface area contributed by atoms with E-state index < -0.39 is 5.82 Å². The van der Waals surface area contributed by atoms with Crippen molar-refractivity contribution in [3.63, 3.8) is 0 Å². The molecular formula is C15H14FNO. The summed E-state index contributed by atoms with van der Waals surface area (Å²) in [5.41, 5.74) is 3.42. The fourth-order valence-electron chi connectivity index (χ4n) is 2.49. The van der Waals surface area contributed by atoms with Crippen LogP contribution in [0.2, 0.25) is 0 Å². The van der Waals surface area contributed by atoms with Crippen molar-refractivity contribution in [3.8, 4) is 5.75 Å². The summed E-state index contributed by atoms with van der Waals surface area (Å²) < 4.78 is 13.2. The first kappa shape index (κ1) is 11.1. The lowest BCUT2D eigenvalue weighted by atomic mass is 10.1. The SMILES string of the molecule is Oc1ccc(NC2Cc3ccccc3C2)cc1F. The van der Waals surface area contributed by atoms with E-state index in [-0.39, 0.29) is 5.75 Å². The van der Waals surface area contributed by atoms with E-state index in [1.807, 2.05) is 12.1 Å². The minimum Gasteiger partial charge on any atom is -0.505 e. The normalized spacial score (nSPS) is 14.5. The van der Waals surface area contributed by atoms with Gasteiger partial charge in [0.2, 0.25) is 0 Å². The van der Waals surface area contributed by atoms with Gasteiger partial charge in [-0.2, -0.15) is 0 Å². The van der Waals surface area contributed by atoms with Crippen LogP contribution < -0.4 is 5.32 Å². The number of halogens is 1. The summed E-state index contributed by atoms with van der Waals surface area (Å²) in [6, 6.07) is 13.1. The highest BCUT2D eigenvalue weighted by Crippen LogP contribution is 2.26. The zero-order valence-electron chi connectivity index (χ0n) is 9.86. The molecule has 0 atom stereocenters. The highest BCUT2D eigenvalue weighted by molar-refractivity contribution is 5.49. The Balaban J connectivity index is 1.74. The molecule has 0 aromatic heterocycles. The van der Waals surface area contributed by atoms with Crippen molar-refractivity contribution in [2.45, 2.75) is 18.9 Å². The molecule has 2 aromatic rings. The molecule has 3 heteroatoms. The van der Waals surface area contributed by atoms with Gasteiger partial charge >= 0.3 is 0 Å². The minimum atomic E-state index is -0.587. The van der Waals surface area contributed by atoms with Gasteiger partial charge in [-0.15, -0.1) is 0 Å². The monoisotopic (exact) mass is 243 g/mol. The Morgan fingerprint density at radius 1 is 1.06 bits per heavy atom. The third-order valence-corrected chi connectivity index (χ3v) is 3.37. The molecule has 0 fully saturated rings. The Labute approximate surface area is 105 Å². The number of phenolic OH excluding ortho intramolecular Hbond substituents is 1. The standard InChI is InChI=1S/C15H14FNO/c16-14-9-12(5-6-15(14)18)17-13-7-10-3-1-2-4-11(10)8-13/h1-6,9,13,17-18H,7-8H2. The zero-order chi connectivity index (χ0) is 12.5. The molecular weight excluding hydrogens is 229 g/mol. The molecule has 2 nitrogen and oxygen atoms in total. The predicted molar refractivity (Wildman–Crippen MR) is 69.3 cm³/mol. The van der Waals surface area contributed by atoms with Crippen molar-refractivity contribution in [2.75, 3.05) is 5.32 Å². The molecule has 0 saturated heterocycles. The van der Waals surface area contributed by atoms with Gasteiger partial charge in [-0.05, 0) is 36.1 Å². The fourth-order valence-corrected chi connectivity index (χ4v) is 2.49. The molecule has 1 aliphatic carbocycles. The summed E-state index contributed by atoms with van der Waals surface area (Å²) in [5, 5.41) is 12.4. The largest absolute Gasteiger partial charge is 0.505 e. The van der Waals surface area contributed by atoms with Gasteiger partial charge in [-0.3, -0.25) is 0 Å². The first-order valence-corrected chi connectivity index (χ1v) is 6.04.